The number of fused-ring (bicyclic) bond motifs is 1. The van der Waals surface area contributed by atoms with Gasteiger partial charge in [0.15, 0.2) is 16.6 Å². The zero-order chi connectivity index (χ0) is 21.8. The lowest BCUT2D eigenvalue weighted by atomic mass is 9.96. The zero-order valence-electron chi connectivity index (χ0n) is 18.6. The summed E-state index contributed by atoms with van der Waals surface area (Å²) in [6.07, 6.45) is 2.77. The van der Waals surface area contributed by atoms with E-state index in [0.29, 0.717) is 6.54 Å². The van der Waals surface area contributed by atoms with Gasteiger partial charge in [-0.05, 0) is 49.4 Å². The fourth-order valence-corrected chi connectivity index (χ4v) is 5.29. The quantitative estimate of drug-likeness (QED) is 0.708. The first-order valence-corrected chi connectivity index (χ1v) is 11.9. The Morgan fingerprint density at radius 1 is 1.16 bits per heavy atom. The molecule has 0 spiro atoms. The van der Waals surface area contributed by atoms with Crippen LogP contribution in [0.5, 0.6) is 11.5 Å². The minimum absolute atomic E-state index is 0.108. The Hall–Kier alpha value is -2.32. The fourth-order valence-electron chi connectivity index (χ4n) is 4.43. The van der Waals surface area contributed by atoms with E-state index >= 15 is 0 Å². The van der Waals surface area contributed by atoms with Crippen molar-refractivity contribution in [1.82, 2.24) is 15.2 Å². The van der Waals surface area contributed by atoms with Crippen LogP contribution in [0.15, 0.2) is 17.5 Å². The SMILES string of the molecule is COc1cc2c(cc1OC)CN(CCNC(=O)C1CCN(c3nc(C)cs3)CC1)CC2. The second kappa shape index (κ2) is 9.87. The van der Waals surface area contributed by atoms with Crippen molar-refractivity contribution in [1.29, 1.82) is 0 Å². The van der Waals surface area contributed by atoms with E-state index in [1.54, 1.807) is 25.6 Å². The molecule has 7 nitrogen and oxygen atoms in total. The average molecular weight is 445 g/mol. The number of amides is 1. The zero-order valence-corrected chi connectivity index (χ0v) is 19.5. The number of carbonyl (C=O) groups excluding carboxylic acids is 1. The third kappa shape index (κ3) is 5.13. The van der Waals surface area contributed by atoms with Gasteiger partial charge in [0, 0.05) is 50.6 Å². The molecule has 1 N–H and O–H groups in total. The van der Waals surface area contributed by atoms with Gasteiger partial charge in [0.25, 0.3) is 0 Å². The Labute approximate surface area is 188 Å². The van der Waals surface area contributed by atoms with Gasteiger partial charge in [-0.1, -0.05) is 0 Å². The number of hydrogen-bond acceptors (Lipinski definition) is 7. The summed E-state index contributed by atoms with van der Waals surface area (Å²) in [5.41, 5.74) is 3.66. The fraction of sp³-hybridized carbons (Fsp3) is 0.565. The molecule has 0 atom stereocenters. The van der Waals surface area contributed by atoms with E-state index in [1.165, 1.54) is 11.1 Å². The monoisotopic (exact) mass is 444 g/mol. The van der Waals surface area contributed by atoms with Gasteiger partial charge < -0.3 is 19.7 Å². The van der Waals surface area contributed by atoms with E-state index in [-0.39, 0.29) is 11.8 Å². The summed E-state index contributed by atoms with van der Waals surface area (Å²) < 4.78 is 10.9. The van der Waals surface area contributed by atoms with Crippen LogP contribution in [0.4, 0.5) is 5.13 Å². The summed E-state index contributed by atoms with van der Waals surface area (Å²) in [7, 11) is 3.34. The summed E-state index contributed by atoms with van der Waals surface area (Å²) >= 11 is 1.69. The van der Waals surface area contributed by atoms with Crippen molar-refractivity contribution in [3.63, 3.8) is 0 Å². The summed E-state index contributed by atoms with van der Waals surface area (Å²) in [5.74, 6) is 1.86. The minimum Gasteiger partial charge on any atom is -0.493 e. The van der Waals surface area contributed by atoms with Gasteiger partial charge in [0.2, 0.25) is 5.91 Å². The highest BCUT2D eigenvalue weighted by molar-refractivity contribution is 7.13. The van der Waals surface area contributed by atoms with Gasteiger partial charge in [-0.15, -0.1) is 11.3 Å². The number of anilines is 1. The molecule has 0 aliphatic carbocycles. The smallest absolute Gasteiger partial charge is 0.223 e. The van der Waals surface area contributed by atoms with Crippen molar-refractivity contribution in [3.8, 4) is 11.5 Å². The molecule has 1 aromatic carbocycles. The molecule has 0 unspecified atom stereocenters. The maximum absolute atomic E-state index is 12.6. The molecular formula is C23H32N4O3S. The van der Waals surface area contributed by atoms with Gasteiger partial charge in [0.05, 0.1) is 19.9 Å². The highest BCUT2D eigenvalue weighted by Gasteiger charge is 2.26. The molecule has 0 radical (unpaired) electrons. The largest absolute Gasteiger partial charge is 0.493 e. The lowest BCUT2D eigenvalue weighted by Gasteiger charge is -2.32. The van der Waals surface area contributed by atoms with Crippen LogP contribution in [0.1, 0.15) is 29.7 Å². The molecule has 1 saturated heterocycles. The van der Waals surface area contributed by atoms with Crippen LogP contribution in [0.3, 0.4) is 0 Å². The molecule has 8 heteroatoms. The number of ether oxygens (including phenoxy) is 2. The Bertz CT molecular complexity index is 908. The first kappa shape index (κ1) is 21.9. The van der Waals surface area contributed by atoms with Crippen molar-refractivity contribution in [2.45, 2.75) is 32.7 Å². The molecule has 3 heterocycles. The number of aryl methyl sites for hydroxylation is 1. The summed E-state index contributed by atoms with van der Waals surface area (Å²) in [6, 6.07) is 4.17. The summed E-state index contributed by atoms with van der Waals surface area (Å²) in [5, 5.41) is 6.33. The number of piperidine rings is 1. The van der Waals surface area contributed by atoms with Crippen LogP contribution in [0.25, 0.3) is 0 Å². The lowest BCUT2D eigenvalue weighted by molar-refractivity contribution is -0.125. The van der Waals surface area contributed by atoms with E-state index in [2.05, 4.69) is 37.6 Å². The van der Waals surface area contributed by atoms with Crippen LogP contribution < -0.4 is 19.7 Å². The van der Waals surface area contributed by atoms with Crippen molar-refractivity contribution in [3.05, 3.63) is 34.3 Å². The number of methoxy groups -OCH3 is 2. The van der Waals surface area contributed by atoms with Crippen molar-refractivity contribution in [2.75, 3.05) is 51.8 Å². The molecule has 1 fully saturated rings. The molecule has 0 saturated carbocycles. The molecule has 1 aromatic heterocycles. The number of hydrogen-bond donors (Lipinski definition) is 1. The molecular weight excluding hydrogens is 412 g/mol. The maximum atomic E-state index is 12.6. The number of benzene rings is 1. The van der Waals surface area contributed by atoms with Gasteiger partial charge in [-0.2, -0.15) is 0 Å². The number of nitrogens with one attached hydrogen (secondary N) is 1. The second-order valence-corrected chi connectivity index (χ2v) is 9.16. The third-order valence-electron chi connectivity index (χ3n) is 6.27. The molecule has 2 aliphatic heterocycles. The molecule has 2 aliphatic rings. The number of carbonyl (C=O) groups is 1. The van der Waals surface area contributed by atoms with Crippen LogP contribution in [-0.4, -0.2) is 62.7 Å². The predicted octanol–water partition coefficient (Wildman–Crippen LogP) is 2.86. The predicted molar refractivity (Wildman–Crippen MR) is 123 cm³/mol. The van der Waals surface area contributed by atoms with E-state index in [9.17, 15) is 4.79 Å². The number of nitrogens with zero attached hydrogens (tertiary/aromatic N) is 3. The lowest BCUT2D eigenvalue weighted by Crippen LogP contribution is -2.43. The molecule has 0 bridgehead atoms. The first-order chi connectivity index (χ1) is 15.1. The highest BCUT2D eigenvalue weighted by atomic mass is 32.1. The van der Waals surface area contributed by atoms with Crippen LogP contribution in [-0.2, 0) is 17.8 Å². The van der Waals surface area contributed by atoms with Crippen LogP contribution in [0.2, 0.25) is 0 Å². The Balaban J connectivity index is 1.22. The van der Waals surface area contributed by atoms with Crippen LogP contribution in [0, 0.1) is 12.8 Å². The number of thiazole rings is 1. The van der Waals surface area contributed by atoms with E-state index in [1.807, 2.05) is 6.92 Å². The summed E-state index contributed by atoms with van der Waals surface area (Å²) in [4.78, 5) is 21.9. The molecule has 168 valence electrons. The third-order valence-corrected chi connectivity index (χ3v) is 7.29. The van der Waals surface area contributed by atoms with Gasteiger partial charge in [0.1, 0.15) is 0 Å². The first-order valence-electron chi connectivity index (χ1n) is 11.0. The normalized spacial score (nSPS) is 17.3. The average Bonchev–Trinajstić information content (AvgIpc) is 3.24. The Morgan fingerprint density at radius 2 is 1.87 bits per heavy atom. The van der Waals surface area contributed by atoms with Gasteiger partial charge in [-0.25, -0.2) is 4.98 Å². The number of rotatable bonds is 7. The summed E-state index contributed by atoms with van der Waals surface area (Å²) in [6.45, 7) is 7.23. The topological polar surface area (TPSA) is 66.9 Å². The minimum atomic E-state index is 0.108. The molecule has 31 heavy (non-hydrogen) atoms. The molecule has 1 amide bonds. The van der Waals surface area contributed by atoms with Crippen molar-refractivity contribution in [2.24, 2.45) is 5.92 Å². The van der Waals surface area contributed by atoms with E-state index in [0.717, 1.165) is 74.3 Å². The van der Waals surface area contributed by atoms with Crippen molar-refractivity contribution >= 4 is 22.4 Å². The van der Waals surface area contributed by atoms with E-state index < -0.39 is 0 Å². The standard InChI is InChI=1S/C23H32N4O3S/c1-16-15-31-23(25-16)27-9-5-17(6-10-27)22(28)24-7-11-26-8-4-18-12-20(29-2)21(30-3)13-19(18)14-26/h12-13,15,17H,4-11,14H2,1-3H3,(H,24,28). The molecule has 4 rings (SSSR count). The molecule has 2 aromatic rings. The second-order valence-electron chi connectivity index (χ2n) is 8.33. The van der Waals surface area contributed by atoms with Gasteiger partial charge >= 0.3 is 0 Å². The Kier molecular flexibility index (Phi) is 6.97. The van der Waals surface area contributed by atoms with Crippen molar-refractivity contribution < 1.29 is 14.3 Å². The number of aromatic nitrogens is 1. The van der Waals surface area contributed by atoms with Gasteiger partial charge in [-0.3, -0.25) is 9.69 Å². The maximum Gasteiger partial charge on any atom is 0.223 e. The van der Waals surface area contributed by atoms with E-state index in [4.69, 9.17) is 9.47 Å². The highest BCUT2D eigenvalue weighted by Crippen LogP contribution is 2.33. The van der Waals surface area contributed by atoms with Crippen LogP contribution >= 0.6 is 11.3 Å². The Morgan fingerprint density at radius 3 is 2.52 bits per heavy atom.